The van der Waals surface area contributed by atoms with E-state index in [4.69, 9.17) is 10.5 Å². The number of nitrogens with two attached hydrogens (primary N) is 1. The third-order valence-electron chi connectivity index (χ3n) is 2.65. The lowest BCUT2D eigenvalue weighted by molar-refractivity contribution is -0.146. The van der Waals surface area contributed by atoms with Crippen molar-refractivity contribution in [2.24, 2.45) is 5.73 Å². The summed E-state index contributed by atoms with van der Waals surface area (Å²) in [5.74, 6) is -0.933. The highest BCUT2D eigenvalue weighted by Crippen LogP contribution is 2.23. The Bertz CT molecular complexity index is 351. The molecular weight excluding hydrogens is 218 g/mol. The number of benzene rings is 1. The van der Waals surface area contributed by atoms with Gasteiger partial charge in [-0.1, -0.05) is 30.3 Å². The molecule has 3 atom stereocenters. The second-order valence-corrected chi connectivity index (χ2v) is 3.95. The van der Waals surface area contributed by atoms with Crippen molar-refractivity contribution in [3.63, 3.8) is 0 Å². The molecule has 0 fully saturated rings. The Morgan fingerprint density at radius 2 is 2.00 bits per heavy atom. The van der Waals surface area contributed by atoms with Crippen molar-refractivity contribution in [3.05, 3.63) is 35.9 Å². The second kappa shape index (κ2) is 6.37. The normalized spacial score (nSPS) is 16.0. The first-order valence-electron chi connectivity index (χ1n) is 5.73. The van der Waals surface area contributed by atoms with E-state index >= 15 is 0 Å². The van der Waals surface area contributed by atoms with Crippen LogP contribution in [0.3, 0.4) is 0 Å². The molecule has 94 valence electrons. The summed E-state index contributed by atoms with van der Waals surface area (Å²) >= 11 is 0. The Hall–Kier alpha value is -1.39. The van der Waals surface area contributed by atoms with Gasteiger partial charge in [-0.3, -0.25) is 4.79 Å². The SMILES string of the molecule is CCOC(=O)[C@@H](N)[C@@H](c1ccccc1)[C@H](C)O. The molecule has 1 rings (SSSR count). The largest absolute Gasteiger partial charge is 0.465 e. The first-order chi connectivity index (χ1) is 8.07. The van der Waals surface area contributed by atoms with Gasteiger partial charge in [-0.25, -0.2) is 0 Å². The summed E-state index contributed by atoms with van der Waals surface area (Å²) in [6.07, 6.45) is -0.711. The summed E-state index contributed by atoms with van der Waals surface area (Å²) in [5, 5.41) is 9.77. The number of hydrogen-bond acceptors (Lipinski definition) is 4. The van der Waals surface area contributed by atoms with Gasteiger partial charge in [-0.2, -0.15) is 0 Å². The van der Waals surface area contributed by atoms with E-state index in [0.717, 1.165) is 5.56 Å². The molecule has 1 aromatic rings. The molecule has 1 aromatic carbocycles. The van der Waals surface area contributed by atoms with E-state index in [0.29, 0.717) is 0 Å². The van der Waals surface area contributed by atoms with Gasteiger partial charge in [0.15, 0.2) is 0 Å². The van der Waals surface area contributed by atoms with Gasteiger partial charge in [0, 0.05) is 5.92 Å². The number of aliphatic hydroxyl groups excluding tert-OH is 1. The predicted molar refractivity (Wildman–Crippen MR) is 65.5 cm³/mol. The monoisotopic (exact) mass is 237 g/mol. The minimum absolute atomic E-state index is 0.286. The fraction of sp³-hybridized carbons (Fsp3) is 0.462. The highest BCUT2D eigenvalue weighted by atomic mass is 16.5. The Labute approximate surface area is 101 Å². The fourth-order valence-electron chi connectivity index (χ4n) is 1.85. The van der Waals surface area contributed by atoms with E-state index in [1.54, 1.807) is 13.8 Å². The summed E-state index contributed by atoms with van der Waals surface area (Å²) in [7, 11) is 0. The van der Waals surface area contributed by atoms with E-state index in [9.17, 15) is 9.90 Å². The maximum absolute atomic E-state index is 11.6. The van der Waals surface area contributed by atoms with Crippen LogP contribution in [0.1, 0.15) is 25.3 Å². The average Bonchev–Trinajstić information content (AvgIpc) is 2.30. The maximum Gasteiger partial charge on any atom is 0.323 e. The van der Waals surface area contributed by atoms with Crippen molar-refractivity contribution in [3.8, 4) is 0 Å². The van der Waals surface area contributed by atoms with E-state index in [1.807, 2.05) is 30.3 Å². The first kappa shape index (κ1) is 13.7. The predicted octanol–water partition coefficient (Wildman–Crippen LogP) is 1.04. The summed E-state index contributed by atoms with van der Waals surface area (Å²) in [4.78, 5) is 11.6. The molecule has 0 aliphatic carbocycles. The Morgan fingerprint density at radius 3 is 2.47 bits per heavy atom. The first-order valence-corrected chi connectivity index (χ1v) is 5.73. The molecule has 0 heterocycles. The minimum atomic E-state index is -0.850. The zero-order valence-electron chi connectivity index (χ0n) is 10.2. The van der Waals surface area contributed by atoms with Crippen molar-refractivity contribution in [1.29, 1.82) is 0 Å². The fourth-order valence-corrected chi connectivity index (χ4v) is 1.85. The smallest absolute Gasteiger partial charge is 0.323 e. The molecule has 0 radical (unpaired) electrons. The molecule has 0 saturated carbocycles. The molecule has 0 unspecified atom stereocenters. The quantitative estimate of drug-likeness (QED) is 0.751. The zero-order chi connectivity index (χ0) is 12.8. The van der Waals surface area contributed by atoms with Gasteiger partial charge in [-0.15, -0.1) is 0 Å². The Morgan fingerprint density at radius 1 is 1.41 bits per heavy atom. The lowest BCUT2D eigenvalue weighted by Crippen LogP contribution is -2.42. The van der Waals surface area contributed by atoms with E-state index < -0.39 is 24.0 Å². The van der Waals surface area contributed by atoms with Crippen LogP contribution in [-0.4, -0.2) is 29.8 Å². The van der Waals surface area contributed by atoms with Gasteiger partial charge in [0.2, 0.25) is 0 Å². The second-order valence-electron chi connectivity index (χ2n) is 3.95. The molecule has 4 nitrogen and oxygen atoms in total. The number of carbonyl (C=O) groups is 1. The number of esters is 1. The summed E-state index contributed by atoms with van der Waals surface area (Å²) < 4.78 is 4.88. The lowest BCUT2D eigenvalue weighted by Gasteiger charge is -2.25. The number of carbonyl (C=O) groups excluding carboxylic acids is 1. The number of ether oxygens (including phenoxy) is 1. The van der Waals surface area contributed by atoms with Gasteiger partial charge < -0.3 is 15.6 Å². The zero-order valence-corrected chi connectivity index (χ0v) is 10.2. The van der Waals surface area contributed by atoms with Crippen LogP contribution in [0.5, 0.6) is 0 Å². The van der Waals surface area contributed by atoms with Crippen LogP contribution in [0.15, 0.2) is 30.3 Å². The third kappa shape index (κ3) is 3.54. The van der Waals surface area contributed by atoms with Crippen molar-refractivity contribution in [2.75, 3.05) is 6.61 Å². The summed E-state index contributed by atoms with van der Waals surface area (Å²) in [6.45, 7) is 3.63. The van der Waals surface area contributed by atoms with Crippen molar-refractivity contribution in [2.45, 2.75) is 31.9 Å². The molecule has 0 aliphatic heterocycles. The molecule has 0 aliphatic rings. The topological polar surface area (TPSA) is 72.5 Å². The van der Waals surface area contributed by atoms with Gasteiger partial charge in [0.25, 0.3) is 0 Å². The molecular formula is C13H19NO3. The van der Waals surface area contributed by atoms with Gasteiger partial charge in [0.05, 0.1) is 12.7 Å². The van der Waals surface area contributed by atoms with E-state index in [-0.39, 0.29) is 6.61 Å². The van der Waals surface area contributed by atoms with Crippen LogP contribution in [0.25, 0.3) is 0 Å². The summed E-state index contributed by atoms with van der Waals surface area (Å²) in [5.41, 5.74) is 6.68. The molecule has 0 bridgehead atoms. The van der Waals surface area contributed by atoms with Gasteiger partial charge >= 0.3 is 5.97 Å². The third-order valence-corrected chi connectivity index (χ3v) is 2.65. The van der Waals surface area contributed by atoms with Crippen LogP contribution in [0.4, 0.5) is 0 Å². The molecule has 0 saturated heterocycles. The number of aliphatic hydroxyl groups is 1. The molecule has 3 N–H and O–H groups in total. The molecule has 0 amide bonds. The van der Waals surface area contributed by atoms with Crippen LogP contribution in [-0.2, 0) is 9.53 Å². The van der Waals surface area contributed by atoms with Crippen LogP contribution in [0, 0.1) is 0 Å². The van der Waals surface area contributed by atoms with E-state index in [1.165, 1.54) is 0 Å². The van der Waals surface area contributed by atoms with Crippen LogP contribution in [0.2, 0.25) is 0 Å². The van der Waals surface area contributed by atoms with Crippen molar-refractivity contribution >= 4 is 5.97 Å². The van der Waals surface area contributed by atoms with Crippen LogP contribution < -0.4 is 5.73 Å². The molecule has 0 aromatic heterocycles. The lowest BCUT2D eigenvalue weighted by atomic mass is 9.87. The Kier molecular flexibility index (Phi) is 5.12. The van der Waals surface area contributed by atoms with Gasteiger partial charge in [-0.05, 0) is 19.4 Å². The molecule has 4 heteroatoms. The highest BCUT2D eigenvalue weighted by molar-refractivity contribution is 5.77. The minimum Gasteiger partial charge on any atom is -0.465 e. The standard InChI is InChI=1S/C13H19NO3/c1-3-17-13(16)12(14)11(9(2)15)10-7-5-4-6-8-10/h4-9,11-12,15H,3,14H2,1-2H3/t9-,11+,12-/m0/s1. The number of hydrogen-bond donors (Lipinski definition) is 2. The summed E-state index contributed by atoms with van der Waals surface area (Å²) in [6, 6.07) is 8.41. The molecule has 0 spiro atoms. The Balaban J connectivity index is 2.90. The molecule has 17 heavy (non-hydrogen) atoms. The van der Waals surface area contributed by atoms with E-state index in [2.05, 4.69) is 0 Å². The average molecular weight is 237 g/mol. The maximum atomic E-state index is 11.6. The van der Waals surface area contributed by atoms with Crippen molar-refractivity contribution < 1.29 is 14.6 Å². The van der Waals surface area contributed by atoms with Crippen LogP contribution >= 0.6 is 0 Å². The number of rotatable bonds is 5. The van der Waals surface area contributed by atoms with Gasteiger partial charge in [0.1, 0.15) is 6.04 Å². The highest BCUT2D eigenvalue weighted by Gasteiger charge is 2.30. The van der Waals surface area contributed by atoms with Crippen molar-refractivity contribution in [1.82, 2.24) is 0 Å².